The minimum atomic E-state index is -0.632. The van der Waals surface area contributed by atoms with Gasteiger partial charge >= 0.3 is 0 Å². The molecule has 0 saturated heterocycles. The van der Waals surface area contributed by atoms with Gasteiger partial charge in [-0.05, 0) is 30.3 Å². The highest BCUT2D eigenvalue weighted by molar-refractivity contribution is 9.10. The molecular weight excluding hydrogens is 322 g/mol. The summed E-state index contributed by atoms with van der Waals surface area (Å²) in [7, 11) is 0. The van der Waals surface area contributed by atoms with Crippen LogP contribution in [0.4, 0.5) is 4.39 Å². The van der Waals surface area contributed by atoms with Gasteiger partial charge in [-0.25, -0.2) is 4.39 Å². The zero-order valence-corrected chi connectivity index (χ0v) is 11.2. The third-order valence-corrected chi connectivity index (χ3v) is 3.48. The van der Waals surface area contributed by atoms with Crippen molar-refractivity contribution in [2.24, 2.45) is 0 Å². The normalized spacial score (nSPS) is 11.3. The quantitative estimate of drug-likeness (QED) is 0.569. The Bertz CT molecular complexity index is 842. The van der Waals surface area contributed by atoms with Crippen molar-refractivity contribution in [1.82, 2.24) is 0 Å². The lowest BCUT2D eigenvalue weighted by atomic mass is 10.1. The van der Waals surface area contributed by atoms with E-state index in [2.05, 4.69) is 15.9 Å². The Kier molecular flexibility index (Phi) is 2.64. The minimum absolute atomic E-state index is 0.0762. The lowest BCUT2D eigenvalue weighted by Crippen LogP contribution is -2.04. The van der Waals surface area contributed by atoms with E-state index in [1.54, 1.807) is 18.2 Å². The molecule has 0 spiro atoms. The molecule has 0 radical (unpaired) electrons. The summed E-state index contributed by atoms with van der Waals surface area (Å²) < 4.78 is 20.0. The summed E-state index contributed by atoms with van der Waals surface area (Å²) in [6.07, 6.45) is 0. The SMILES string of the molecule is O=c1c2ccc(Br)cc2oc2c(Cl)ccc(F)c12. The maximum atomic E-state index is 13.7. The van der Waals surface area contributed by atoms with Gasteiger partial charge in [0.1, 0.15) is 16.8 Å². The van der Waals surface area contributed by atoms with E-state index >= 15 is 0 Å². The van der Waals surface area contributed by atoms with Crippen molar-refractivity contribution >= 4 is 49.5 Å². The van der Waals surface area contributed by atoms with E-state index in [4.69, 9.17) is 16.0 Å². The van der Waals surface area contributed by atoms with Crippen molar-refractivity contribution < 1.29 is 8.81 Å². The van der Waals surface area contributed by atoms with Crippen LogP contribution in [0.25, 0.3) is 21.9 Å². The molecular formula is C13H5BrClFO2. The Balaban J connectivity index is 2.65. The fourth-order valence-electron chi connectivity index (χ4n) is 1.86. The predicted octanol–water partition coefficient (Wildman–Crippen LogP) is 4.50. The third-order valence-electron chi connectivity index (χ3n) is 2.69. The Morgan fingerprint density at radius 1 is 1.22 bits per heavy atom. The van der Waals surface area contributed by atoms with Crippen molar-refractivity contribution in [3.8, 4) is 0 Å². The largest absolute Gasteiger partial charge is 0.454 e. The minimum Gasteiger partial charge on any atom is -0.454 e. The summed E-state index contributed by atoms with van der Waals surface area (Å²) >= 11 is 9.22. The molecule has 2 nitrogen and oxygen atoms in total. The zero-order valence-electron chi connectivity index (χ0n) is 8.84. The van der Waals surface area contributed by atoms with Crippen molar-refractivity contribution in [3.63, 3.8) is 0 Å². The van der Waals surface area contributed by atoms with Crippen molar-refractivity contribution in [3.05, 3.63) is 55.9 Å². The average molecular weight is 328 g/mol. The van der Waals surface area contributed by atoms with Crippen LogP contribution < -0.4 is 5.43 Å². The highest BCUT2D eigenvalue weighted by Gasteiger charge is 2.14. The lowest BCUT2D eigenvalue weighted by Gasteiger charge is -2.04. The van der Waals surface area contributed by atoms with Crippen LogP contribution in [0.1, 0.15) is 0 Å². The van der Waals surface area contributed by atoms with Crippen LogP contribution in [0.2, 0.25) is 5.02 Å². The van der Waals surface area contributed by atoms with Crippen molar-refractivity contribution in [2.45, 2.75) is 0 Å². The molecule has 1 aromatic heterocycles. The van der Waals surface area contributed by atoms with Gasteiger partial charge in [0, 0.05) is 4.47 Å². The Morgan fingerprint density at radius 2 is 2.00 bits per heavy atom. The van der Waals surface area contributed by atoms with Crippen LogP contribution in [0.5, 0.6) is 0 Å². The van der Waals surface area contributed by atoms with Gasteiger partial charge < -0.3 is 4.42 Å². The van der Waals surface area contributed by atoms with E-state index in [-0.39, 0.29) is 16.0 Å². The number of rotatable bonds is 0. The van der Waals surface area contributed by atoms with Crippen LogP contribution >= 0.6 is 27.5 Å². The van der Waals surface area contributed by atoms with Crippen molar-refractivity contribution in [2.75, 3.05) is 0 Å². The highest BCUT2D eigenvalue weighted by Crippen LogP contribution is 2.28. The maximum absolute atomic E-state index is 13.7. The second-order valence-corrected chi connectivity index (χ2v) is 5.13. The summed E-state index contributed by atoms with van der Waals surface area (Å²) in [6, 6.07) is 7.47. The number of halogens is 3. The summed E-state index contributed by atoms with van der Waals surface area (Å²) in [5.41, 5.74) is 0.0281. The molecule has 3 aromatic rings. The topological polar surface area (TPSA) is 30.2 Å². The molecule has 0 aliphatic carbocycles. The van der Waals surface area contributed by atoms with Gasteiger partial charge in [-0.1, -0.05) is 27.5 Å². The molecule has 18 heavy (non-hydrogen) atoms. The smallest absolute Gasteiger partial charge is 0.203 e. The second kappa shape index (κ2) is 4.07. The van der Waals surface area contributed by atoms with Crippen LogP contribution in [0.15, 0.2) is 44.0 Å². The van der Waals surface area contributed by atoms with Crippen molar-refractivity contribution in [1.29, 1.82) is 0 Å². The molecule has 0 N–H and O–H groups in total. The summed E-state index contributed by atoms with van der Waals surface area (Å²) in [6.45, 7) is 0. The van der Waals surface area contributed by atoms with Crippen LogP contribution in [0, 0.1) is 5.82 Å². The van der Waals surface area contributed by atoms with Gasteiger partial charge in [-0.2, -0.15) is 0 Å². The molecule has 90 valence electrons. The van der Waals surface area contributed by atoms with Gasteiger partial charge in [0.25, 0.3) is 0 Å². The maximum Gasteiger partial charge on any atom is 0.203 e. The average Bonchev–Trinajstić information content (AvgIpc) is 2.33. The molecule has 0 saturated carbocycles. The first-order chi connectivity index (χ1) is 8.58. The third kappa shape index (κ3) is 1.64. The molecule has 3 rings (SSSR count). The number of fused-ring (bicyclic) bond motifs is 2. The van der Waals surface area contributed by atoms with E-state index in [1.165, 1.54) is 6.07 Å². The molecule has 0 aliphatic heterocycles. The molecule has 0 atom stereocenters. The monoisotopic (exact) mass is 326 g/mol. The van der Waals surface area contributed by atoms with Gasteiger partial charge in [-0.15, -0.1) is 0 Å². The molecule has 0 unspecified atom stereocenters. The molecule has 0 amide bonds. The van der Waals surface area contributed by atoms with E-state index in [9.17, 15) is 9.18 Å². The first kappa shape index (κ1) is 11.7. The second-order valence-electron chi connectivity index (χ2n) is 3.81. The lowest BCUT2D eigenvalue weighted by molar-refractivity contribution is 0.625. The first-order valence-corrected chi connectivity index (χ1v) is 6.25. The summed E-state index contributed by atoms with van der Waals surface area (Å²) in [5, 5.41) is 0.426. The van der Waals surface area contributed by atoms with E-state index < -0.39 is 11.2 Å². The molecule has 1 heterocycles. The molecule has 0 bridgehead atoms. The van der Waals surface area contributed by atoms with E-state index in [0.717, 1.165) is 10.5 Å². The Hall–Kier alpha value is -1.39. The van der Waals surface area contributed by atoms with Gasteiger partial charge in [0.15, 0.2) is 5.58 Å². The van der Waals surface area contributed by atoms with E-state index in [1.807, 2.05) is 0 Å². The standard InChI is InChI=1S/C13H5BrClFO2/c14-6-1-2-7-10(5-6)18-13-8(15)3-4-9(16)11(13)12(7)17/h1-5H. The molecule has 0 fully saturated rings. The molecule has 0 aliphatic rings. The van der Waals surface area contributed by atoms with Gasteiger partial charge in [-0.3, -0.25) is 4.79 Å². The first-order valence-electron chi connectivity index (χ1n) is 5.08. The number of benzene rings is 2. The van der Waals surface area contributed by atoms with Crippen LogP contribution in [-0.2, 0) is 0 Å². The summed E-state index contributed by atoms with van der Waals surface area (Å²) in [5.74, 6) is -0.632. The van der Waals surface area contributed by atoms with Crippen LogP contribution in [0.3, 0.4) is 0 Å². The van der Waals surface area contributed by atoms with Gasteiger partial charge in [0.2, 0.25) is 5.43 Å². The van der Waals surface area contributed by atoms with E-state index in [0.29, 0.717) is 11.0 Å². The fourth-order valence-corrected chi connectivity index (χ4v) is 2.39. The van der Waals surface area contributed by atoms with Gasteiger partial charge in [0.05, 0.1) is 10.4 Å². The highest BCUT2D eigenvalue weighted by atomic mass is 79.9. The Morgan fingerprint density at radius 3 is 2.78 bits per heavy atom. The fraction of sp³-hybridized carbons (Fsp3) is 0. The molecule has 2 aromatic carbocycles. The number of hydrogen-bond donors (Lipinski definition) is 0. The zero-order chi connectivity index (χ0) is 12.9. The molecule has 5 heteroatoms. The summed E-state index contributed by atoms with van der Waals surface area (Å²) in [4.78, 5) is 12.2. The van der Waals surface area contributed by atoms with Crippen LogP contribution in [-0.4, -0.2) is 0 Å². The predicted molar refractivity (Wildman–Crippen MR) is 72.7 cm³/mol. The number of hydrogen-bond acceptors (Lipinski definition) is 2. The Labute approximate surface area is 114 Å².